The molecule has 0 spiro atoms. The largest absolute Gasteiger partial charge is 0.420 e. The van der Waals surface area contributed by atoms with E-state index >= 15 is 4.39 Å². The number of amides is 2. The van der Waals surface area contributed by atoms with Crippen LogP contribution in [-0.4, -0.2) is 105 Å². The molecule has 2 amide bonds. The second kappa shape index (κ2) is 14.6. The zero-order valence-corrected chi connectivity index (χ0v) is 25.3. The van der Waals surface area contributed by atoms with Gasteiger partial charge in [-0.2, -0.15) is 14.4 Å². The molecule has 0 bridgehead atoms. The maximum atomic E-state index is 15.7. The normalized spacial score (nSPS) is 24.1. The van der Waals surface area contributed by atoms with Gasteiger partial charge in [-0.1, -0.05) is 25.7 Å². The molecule has 3 aliphatic rings. The van der Waals surface area contributed by atoms with Gasteiger partial charge in [-0.05, 0) is 65.0 Å². The molecule has 1 aliphatic carbocycles. The third-order valence-corrected chi connectivity index (χ3v) is 8.50. The first-order chi connectivity index (χ1) is 19.6. The van der Waals surface area contributed by atoms with Crippen molar-refractivity contribution in [1.29, 1.82) is 0 Å². The first-order valence-electron chi connectivity index (χ1n) is 14.5. The van der Waals surface area contributed by atoms with E-state index in [1.54, 1.807) is 0 Å². The Balaban J connectivity index is 1.40. The van der Waals surface area contributed by atoms with Crippen molar-refractivity contribution >= 4 is 35.2 Å². The fraction of sp³-hybridized carbons (Fsp3) is 0.778. The average Bonchev–Trinajstić information content (AvgIpc) is 3.62. The molecule has 2 aliphatic heterocycles. The highest BCUT2D eigenvalue weighted by atomic mass is 35.5. The van der Waals surface area contributed by atoms with E-state index in [2.05, 4.69) is 35.9 Å². The van der Waals surface area contributed by atoms with Crippen LogP contribution in [0.5, 0.6) is 0 Å². The smallest absolute Gasteiger partial charge is 0.409 e. The summed E-state index contributed by atoms with van der Waals surface area (Å²) in [5, 5.41) is 2.58. The molecule has 3 unspecified atom stereocenters. The van der Waals surface area contributed by atoms with Gasteiger partial charge in [0, 0.05) is 38.1 Å². The van der Waals surface area contributed by atoms with Crippen LogP contribution in [0.1, 0.15) is 51.4 Å². The second-order valence-corrected chi connectivity index (χ2v) is 12.1. The molecular formula is C27H44ClFN8O4. The molecule has 4 atom stereocenters. The quantitative estimate of drug-likeness (QED) is 0.259. The molecule has 3 heterocycles. The maximum absolute atomic E-state index is 15.7. The van der Waals surface area contributed by atoms with E-state index in [0.29, 0.717) is 38.5 Å². The van der Waals surface area contributed by atoms with Gasteiger partial charge in [0.2, 0.25) is 23.3 Å². The van der Waals surface area contributed by atoms with Gasteiger partial charge in [-0.3, -0.25) is 15.6 Å². The molecular weight excluding hydrogens is 555 g/mol. The Kier molecular flexibility index (Phi) is 11.2. The van der Waals surface area contributed by atoms with Crippen LogP contribution in [0.4, 0.5) is 20.8 Å². The summed E-state index contributed by atoms with van der Waals surface area (Å²) in [6.07, 6.45) is 6.27. The van der Waals surface area contributed by atoms with Crippen molar-refractivity contribution in [2.45, 2.75) is 69.7 Å². The van der Waals surface area contributed by atoms with E-state index in [4.69, 9.17) is 21.1 Å². The molecule has 12 nitrogen and oxygen atoms in total. The number of anilines is 2. The Morgan fingerprint density at radius 1 is 1.07 bits per heavy atom. The van der Waals surface area contributed by atoms with Gasteiger partial charge in [0.1, 0.15) is 0 Å². The SMILES string of the molecule is CN(C)C1CN(c2nc(Cl)nc(NNC(=O)[C@@H](CNC(=O)OC3CCCCO3)CC3CCCC3)c2F)CC1N(C)C. The highest BCUT2D eigenvalue weighted by Gasteiger charge is 2.38. The maximum Gasteiger partial charge on any atom is 0.409 e. The minimum absolute atomic E-state index is 0.0785. The standard InChI is InChI=1S/C27H44ClFN8O4/c1-35(2)19-15-37(16-20(19)36(3)4)24-22(29)23(31-26(28)32-24)33-34-25(38)18(13-17-9-5-6-10-17)14-30-27(39)41-21-11-7-8-12-40-21/h17-21H,5-16H2,1-4H3,(H,30,39)(H,34,38)(H,31,32,33)/t18-,19?,20?,21?/m1/s1. The Morgan fingerprint density at radius 2 is 1.73 bits per heavy atom. The molecule has 0 aromatic carbocycles. The molecule has 230 valence electrons. The minimum atomic E-state index is -0.701. The lowest BCUT2D eigenvalue weighted by molar-refractivity contribution is -0.127. The van der Waals surface area contributed by atoms with Crippen molar-refractivity contribution in [3.8, 4) is 0 Å². The topological polar surface area (TPSA) is 124 Å². The monoisotopic (exact) mass is 598 g/mol. The van der Waals surface area contributed by atoms with Crippen LogP contribution in [0.25, 0.3) is 0 Å². The van der Waals surface area contributed by atoms with Gasteiger partial charge < -0.3 is 29.5 Å². The summed E-state index contributed by atoms with van der Waals surface area (Å²) >= 11 is 6.19. The fourth-order valence-corrected chi connectivity index (χ4v) is 6.15. The summed E-state index contributed by atoms with van der Waals surface area (Å²) in [6.45, 7) is 1.76. The van der Waals surface area contributed by atoms with Crippen LogP contribution < -0.4 is 21.1 Å². The van der Waals surface area contributed by atoms with E-state index < -0.39 is 24.1 Å². The van der Waals surface area contributed by atoms with E-state index in [-0.39, 0.29) is 41.5 Å². The van der Waals surface area contributed by atoms with Crippen molar-refractivity contribution in [2.75, 3.05) is 64.8 Å². The molecule has 3 fully saturated rings. The lowest BCUT2D eigenvalue weighted by atomic mass is 9.92. The van der Waals surface area contributed by atoms with Crippen molar-refractivity contribution in [3.05, 3.63) is 11.1 Å². The molecule has 1 saturated carbocycles. The summed E-state index contributed by atoms with van der Waals surface area (Å²) in [4.78, 5) is 39.9. The zero-order chi connectivity index (χ0) is 29.5. The Hall–Kier alpha value is -2.48. The zero-order valence-electron chi connectivity index (χ0n) is 24.5. The van der Waals surface area contributed by atoms with Gasteiger partial charge in [0.15, 0.2) is 11.6 Å². The van der Waals surface area contributed by atoms with Crippen molar-refractivity contribution in [2.24, 2.45) is 11.8 Å². The number of hydrazine groups is 1. The van der Waals surface area contributed by atoms with E-state index in [1.165, 1.54) is 0 Å². The van der Waals surface area contributed by atoms with Gasteiger partial charge in [0.25, 0.3) is 0 Å². The third kappa shape index (κ3) is 8.52. The number of nitrogens with one attached hydrogen (secondary N) is 3. The first kappa shape index (κ1) is 31.5. The lowest BCUT2D eigenvalue weighted by Gasteiger charge is -2.29. The van der Waals surface area contributed by atoms with Crippen molar-refractivity contribution in [3.63, 3.8) is 0 Å². The number of rotatable bonds is 11. The molecule has 1 aromatic rings. The number of alkyl carbamates (subject to hydrolysis) is 1. The predicted molar refractivity (Wildman–Crippen MR) is 154 cm³/mol. The average molecular weight is 599 g/mol. The summed E-state index contributed by atoms with van der Waals surface area (Å²) in [5.74, 6) is -1.40. The van der Waals surface area contributed by atoms with Crippen LogP contribution in [0, 0.1) is 17.7 Å². The van der Waals surface area contributed by atoms with E-state index in [9.17, 15) is 9.59 Å². The van der Waals surface area contributed by atoms with Gasteiger partial charge in [0.05, 0.1) is 12.5 Å². The number of halogens is 2. The summed E-state index contributed by atoms with van der Waals surface area (Å²) in [7, 11) is 7.99. The molecule has 4 rings (SSSR count). The first-order valence-corrected chi connectivity index (χ1v) is 14.9. The summed E-state index contributed by atoms with van der Waals surface area (Å²) in [6, 6.07) is 0.323. The fourth-order valence-electron chi connectivity index (χ4n) is 5.98. The number of ether oxygens (including phenoxy) is 2. The summed E-state index contributed by atoms with van der Waals surface area (Å²) < 4.78 is 26.5. The molecule has 2 saturated heterocycles. The molecule has 0 radical (unpaired) electrons. The Morgan fingerprint density at radius 3 is 2.34 bits per heavy atom. The highest BCUT2D eigenvalue weighted by molar-refractivity contribution is 6.28. The number of hydrogen-bond acceptors (Lipinski definition) is 10. The van der Waals surface area contributed by atoms with Gasteiger partial charge in [-0.15, -0.1) is 0 Å². The Bertz CT molecular complexity index is 1020. The highest BCUT2D eigenvalue weighted by Crippen LogP contribution is 2.31. The van der Waals surface area contributed by atoms with Crippen LogP contribution >= 0.6 is 11.6 Å². The van der Waals surface area contributed by atoms with Crippen LogP contribution in [0.2, 0.25) is 5.28 Å². The number of carbonyl (C=O) groups excluding carboxylic acids is 2. The Labute approximate surface area is 246 Å². The molecule has 3 N–H and O–H groups in total. The summed E-state index contributed by atoms with van der Waals surface area (Å²) in [5.41, 5.74) is 5.21. The van der Waals surface area contributed by atoms with Gasteiger partial charge >= 0.3 is 6.09 Å². The second-order valence-electron chi connectivity index (χ2n) is 11.7. The predicted octanol–water partition coefficient (Wildman–Crippen LogP) is 2.84. The van der Waals surface area contributed by atoms with Crippen LogP contribution in [0.3, 0.4) is 0 Å². The third-order valence-electron chi connectivity index (χ3n) is 8.33. The van der Waals surface area contributed by atoms with Crippen LogP contribution in [0.15, 0.2) is 0 Å². The number of nitrogens with zero attached hydrogens (tertiary/aromatic N) is 5. The van der Waals surface area contributed by atoms with E-state index in [1.807, 2.05) is 33.1 Å². The molecule has 14 heteroatoms. The van der Waals surface area contributed by atoms with Crippen molar-refractivity contribution < 1.29 is 23.5 Å². The van der Waals surface area contributed by atoms with Crippen LogP contribution in [-0.2, 0) is 14.3 Å². The van der Waals surface area contributed by atoms with E-state index in [0.717, 1.165) is 38.5 Å². The number of carbonyl (C=O) groups is 2. The van der Waals surface area contributed by atoms with Crippen molar-refractivity contribution in [1.82, 2.24) is 30.5 Å². The molecule has 41 heavy (non-hydrogen) atoms. The molecule has 1 aromatic heterocycles. The van der Waals surface area contributed by atoms with Gasteiger partial charge in [-0.25, -0.2) is 4.79 Å². The lowest BCUT2D eigenvalue weighted by Crippen LogP contribution is -2.45. The minimum Gasteiger partial charge on any atom is -0.420 e. The number of aromatic nitrogens is 2. The number of likely N-dealkylation sites (N-methyl/N-ethyl adjacent to an activating group) is 2. The number of hydrogen-bond donors (Lipinski definition) is 3.